The monoisotopic (exact) mass is 193 g/mol. The Balaban J connectivity index is 0.00000121. The minimum atomic E-state index is -0.0619. The molecule has 1 rings (SSSR count). The lowest BCUT2D eigenvalue weighted by Crippen LogP contribution is -2.41. The first-order chi connectivity index (χ1) is 5.02. The van der Waals surface area contributed by atoms with Crippen LogP contribution in [-0.4, -0.2) is 18.4 Å². The van der Waals surface area contributed by atoms with E-state index in [0.717, 1.165) is 13.0 Å². The predicted octanol–water partition coefficient (Wildman–Crippen LogP) is 2.18. The van der Waals surface area contributed by atoms with Gasteiger partial charge in [0.15, 0.2) is 0 Å². The smallest absolute Gasteiger partial charge is 0.116 e. The highest BCUT2D eigenvalue weighted by Crippen LogP contribution is 2.23. The van der Waals surface area contributed by atoms with Gasteiger partial charge < -0.3 is 4.74 Å². The summed E-state index contributed by atoms with van der Waals surface area (Å²) >= 11 is 0. The molecule has 2 unspecified atom stereocenters. The molecule has 1 N–H and O–H groups in total. The molecule has 0 aromatic heterocycles. The summed E-state index contributed by atoms with van der Waals surface area (Å²) < 4.78 is 5.65. The lowest BCUT2D eigenvalue weighted by molar-refractivity contribution is -0.00997. The second kappa shape index (κ2) is 4.45. The zero-order chi connectivity index (χ0) is 8.48. The Bertz CT molecular complexity index is 140. The van der Waals surface area contributed by atoms with Gasteiger partial charge in [-0.1, -0.05) is 13.8 Å². The highest BCUT2D eigenvalue weighted by Gasteiger charge is 2.33. The van der Waals surface area contributed by atoms with E-state index in [0.29, 0.717) is 12.0 Å². The fourth-order valence-corrected chi connectivity index (χ4v) is 1.81. The first kappa shape index (κ1) is 12.2. The van der Waals surface area contributed by atoms with Crippen LogP contribution in [0.1, 0.15) is 34.1 Å². The van der Waals surface area contributed by atoms with Crippen LogP contribution in [0.15, 0.2) is 0 Å². The Labute approximate surface area is 81.5 Å². The highest BCUT2D eigenvalue weighted by atomic mass is 35.5. The number of ether oxygens (including phenoxy) is 1. The number of hydrogen-bond acceptors (Lipinski definition) is 2. The summed E-state index contributed by atoms with van der Waals surface area (Å²) in [6.07, 6.45) is 1.09. The van der Waals surface area contributed by atoms with Crippen molar-refractivity contribution in [2.75, 3.05) is 6.61 Å². The molecular weight excluding hydrogens is 174 g/mol. The summed E-state index contributed by atoms with van der Waals surface area (Å²) in [5.74, 6) is 0.692. The van der Waals surface area contributed by atoms with Crippen molar-refractivity contribution in [1.82, 2.24) is 5.32 Å². The largest absolute Gasteiger partial charge is 0.359 e. The van der Waals surface area contributed by atoms with E-state index in [9.17, 15) is 0 Å². The Morgan fingerprint density at radius 1 is 1.58 bits per heavy atom. The number of rotatable bonds is 2. The minimum Gasteiger partial charge on any atom is -0.359 e. The molecule has 0 aliphatic carbocycles. The molecule has 1 fully saturated rings. The molecule has 0 aromatic rings. The molecule has 0 bridgehead atoms. The Kier molecular flexibility index (Phi) is 4.53. The normalized spacial score (nSPS) is 35.2. The Morgan fingerprint density at radius 2 is 2.17 bits per heavy atom. The van der Waals surface area contributed by atoms with E-state index >= 15 is 0 Å². The molecule has 2 atom stereocenters. The molecule has 74 valence electrons. The first-order valence-corrected chi connectivity index (χ1v) is 4.43. The molecule has 0 amide bonds. The summed E-state index contributed by atoms with van der Waals surface area (Å²) in [6, 6.07) is 0.513. The van der Waals surface area contributed by atoms with Gasteiger partial charge in [-0.05, 0) is 26.2 Å². The van der Waals surface area contributed by atoms with Gasteiger partial charge in [-0.15, -0.1) is 12.4 Å². The van der Waals surface area contributed by atoms with Gasteiger partial charge in [0, 0.05) is 6.04 Å². The van der Waals surface area contributed by atoms with Crippen molar-refractivity contribution in [3.8, 4) is 0 Å². The number of hydrogen-bond donors (Lipinski definition) is 1. The van der Waals surface area contributed by atoms with Crippen LogP contribution in [0, 0.1) is 5.92 Å². The third kappa shape index (κ3) is 3.30. The zero-order valence-corrected chi connectivity index (χ0v) is 9.20. The molecule has 3 heteroatoms. The molecule has 0 saturated carbocycles. The van der Waals surface area contributed by atoms with E-state index in [1.807, 2.05) is 0 Å². The van der Waals surface area contributed by atoms with Gasteiger partial charge in [-0.3, -0.25) is 5.32 Å². The van der Waals surface area contributed by atoms with Crippen molar-refractivity contribution in [2.45, 2.75) is 45.9 Å². The summed E-state index contributed by atoms with van der Waals surface area (Å²) in [6.45, 7) is 9.59. The summed E-state index contributed by atoms with van der Waals surface area (Å²) in [5.41, 5.74) is -0.0619. The van der Waals surface area contributed by atoms with E-state index in [1.54, 1.807) is 0 Å². The third-order valence-corrected chi connectivity index (χ3v) is 2.00. The van der Waals surface area contributed by atoms with Crippen molar-refractivity contribution in [1.29, 1.82) is 0 Å². The van der Waals surface area contributed by atoms with Gasteiger partial charge >= 0.3 is 0 Å². The number of halogens is 1. The van der Waals surface area contributed by atoms with Crippen LogP contribution < -0.4 is 5.32 Å². The SMILES string of the molecule is CC(C)CC1(C)NC(C)CO1.Cl. The van der Waals surface area contributed by atoms with Crippen molar-refractivity contribution >= 4 is 12.4 Å². The second-order valence-electron chi connectivity index (χ2n) is 4.19. The summed E-state index contributed by atoms with van der Waals surface area (Å²) in [7, 11) is 0. The van der Waals surface area contributed by atoms with Crippen LogP contribution in [0.5, 0.6) is 0 Å². The quantitative estimate of drug-likeness (QED) is 0.726. The van der Waals surface area contributed by atoms with Crippen molar-refractivity contribution in [2.24, 2.45) is 5.92 Å². The molecule has 1 aliphatic heterocycles. The van der Waals surface area contributed by atoms with E-state index in [1.165, 1.54) is 0 Å². The molecule has 1 aliphatic rings. The maximum atomic E-state index is 5.65. The lowest BCUT2D eigenvalue weighted by atomic mass is 10.0. The van der Waals surface area contributed by atoms with E-state index in [-0.39, 0.29) is 18.1 Å². The average Bonchev–Trinajstić information content (AvgIpc) is 2.08. The molecule has 0 radical (unpaired) electrons. The van der Waals surface area contributed by atoms with Gasteiger partial charge in [0.2, 0.25) is 0 Å². The van der Waals surface area contributed by atoms with Crippen LogP contribution in [0.25, 0.3) is 0 Å². The fraction of sp³-hybridized carbons (Fsp3) is 1.00. The van der Waals surface area contributed by atoms with E-state index in [4.69, 9.17) is 4.74 Å². The van der Waals surface area contributed by atoms with Crippen LogP contribution in [-0.2, 0) is 4.74 Å². The van der Waals surface area contributed by atoms with Crippen molar-refractivity contribution in [3.05, 3.63) is 0 Å². The number of nitrogens with one attached hydrogen (secondary N) is 1. The fourth-order valence-electron chi connectivity index (χ4n) is 1.81. The Hall–Kier alpha value is 0.210. The summed E-state index contributed by atoms with van der Waals surface area (Å²) in [4.78, 5) is 0. The van der Waals surface area contributed by atoms with Crippen LogP contribution in [0.2, 0.25) is 0 Å². The van der Waals surface area contributed by atoms with Gasteiger partial charge in [0.05, 0.1) is 6.61 Å². The van der Waals surface area contributed by atoms with Gasteiger partial charge in [-0.2, -0.15) is 0 Å². The summed E-state index contributed by atoms with van der Waals surface area (Å²) in [5, 5.41) is 3.44. The van der Waals surface area contributed by atoms with Crippen LogP contribution >= 0.6 is 12.4 Å². The molecule has 0 spiro atoms. The molecule has 12 heavy (non-hydrogen) atoms. The third-order valence-electron chi connectivity index (χ3n) is 2.00. The average molecular weight is 194 g/mol. The predicted molar refractivity (Wildman–Crippen MR) is 53.7 cm³/mol. The second-order valence-corrected chi connectivity index (χ2v) is 4.19. The maximum Gasteiger partial charge on any atom is 0.116 e. The lowest BCUT2D eigenvalue weighted by Gasteiger charge is -2.25. The van der Waals surface area contributed by atoms with Gasteiger partial charge in [0.1, 0.15) is 5.72 Å². The van der Waals surface area contributed by atoms with Crippen molar-refractivity contribution < 1.29 is 4.74 Å². The first-order valence-electron chi connectivity index (χ1n) is 4.43. The zero-order valence-electron chi connectivity index (χ0n) is 8.39. The standard InChI is InChI=1S/C9H19NO.ClH/c1-7(2)5-9(4)10-8(3)6-11-9;/h7-8,10H,5-6H2,1-4H3;1H. The maximum absolute atomic E-state index is 5.65. The minimum absolute atomic E-state index is 0. The van der Waals surface area contributed by atoms with Crippen LogP contribution in [0.3, 0.4) is 0 Å². The van der Waals surface area contributed by atoms with Gasteiger partial charge in [-0.25, -0.2) is 0 Å². The molecule has 2 nitrogen and oxygen atoms in total. The highest BCUT2D eigenvalue weighted by molar-refractivity contribution is 5.85. The molecular formula is C9H20ClNO. The Morgan fingerprint density at radius 3 is 2.50 bits per heavy atom. The van der Waals surface area contributed by atoms with Gasteiger partial charge in [0.25, 0.3) is 0 Å². The van der Waals surface area contributed by atoms with E-state index < -0.39 is 0 Å². The molecule has 1 saturated heterocycles. The topological polar surface area (TPSA) is 21.3 Å². The van der Waals surface area contributed by atoms with E-state index in [2.05, 4.69) is 33.0 Å². The van der Waals surface area contributed by atoms with Crippen molar-refractivity contribution in [3.63, 3.8) is 0 Å². The van der Waals surface area contributed by atoms with Crippen LogP contribution in [0.4, 0.5) is 0 Å². The molecule has 1 heterocycles. The molecule has 0 aromatic carbocycles.